The molecule has 0 atom stereocenters. The summed E-state index contributed by atoms with van der Waals surface area (Å²) in [5.74, 6) is 0.224. The number of hydrogen-bond donors (Lipinski definition) is 0. The summed E-state index contributed by atoms with van der Waals surface area (Å²) in [5, 5.41) is 0. The molecule has 1 aliphatic rings. The van der Waals surface area contributed by atoms with E-state index in [0.717, 1.165) is 58.7 Å². The number of carbonyl (C=O) groups is 1. The van der Waals surface area contributed by atoms with Crippen LogP contribution >= 0.6 is 0 Å². The molecule has 1 fully saturated rings. The molecule has 0 N–H and O–H groups in total. The van der Waals surface area contributed by atoms with Crippen LogP contribution in [0.25, 0.3) is 0 Å². The third kappa shape index (κ3) is 14.7. The fraction of sp³-hybridized carbons (Fsp3) is 0.947. The molecule has 1 heterocycles. The lowest BCUT2D eigenvalue weighted by atomic mass is 10.2. The lowest BCUT2D eigenvalue weighted by molar-refractivity contribution is -0.129. The molecule has 0 bridgehead atoms. The third-order valence-electron chi connectivity index (χ3n) is 3.73. The first-order valence-electron chi connectivity index (χ1n) is 9.79. The Morgan fingerprint density at radius 3 is 2.04 bits per heavy atom. The monoisotopic (exact) mass is 330 g/mol. The lowest BCUT2D eigenvalue weighted by Gasteiger charge is -2.26. The van der Waals surface area contributed by atoms with Crippen LogP contribution in [-0.4, -0.2) is 61.6 Å². The van der Waals surface area contributed by atoms with Crippen LogP contribution in [0.2, 0.25) is 0 Å². The molecule has 23 heavy (non-hydrogen) atoms. The summed E-state index contributed by atoms with van der Waals surface area (Å²) >= 11 is 0. The third-order valence-corrected chi connectivity index (χ3v) is 3.73. The highest BCUT2D eigenvalue weighted by Gasteiger charge is 2.10. The topological polar surface area (TPSA) is 32.8 Å². The molecule has 140 valence electrons. The zero-order valence-corrected chi connectivity index (χ0v) is 16.7. The van der Waals surface area contributed by atoms with E-state index in [2.05, 4.69) is 11.8 Å². The van der Waals surface area contributed by atoms with Crippen LogP contribution < -0.4 is 0 Å². The number of morpholine rings is 1. The Hall–Kier alpha value is -0.610. The summed E-state index contributed by atoms with van der Waals surface area (Å²) in [5.41, 5.74) is 0. The van der Waals surface area contributed by atoms with Gasteiger partial charge in [0.2, 0.25) is 5.91 Å². The SMILES string of the molecule is CC.CC.CCCCN(CCCCCN1CCOCC1)C(C)=O. The Morgan fingerprint density at radius 2 is 1.52 bits per heavy atom. The van der Waals surface area contributed by atoms with Crippen molar-refractivity contribution in [3.8, 4) is 0 Å². The molecule has 0 radical (unpaired) electrons. The van der Waals surface area contributed by atoms with Crippen LogP contribution in [0.15, 0.2) is 0 Å². The molecule has 0 unspecified atom stereocenters. The van der Waals surface area contributed by atoms with Gasteiger partial charge in [-0.05, 0) is 25.8 Å². The zero-order valence-electron chi connectivity index (χ0n) is 16.7. The van der Waals surface area contributed by atoms with Crippen LogP contribution in [0.3, 0.4) is 0 Å². The number of amides is 1. The smallest absolute Gasteiger partial charge is 0.219 e. The van der Waals surface area contributed by atoms with Crippen molar-refractivity contribution in [1.29, 1.82) is 0 Å². The molecule has 1 saturated heterocycles. The van der Waals surface area contributed by atoms with E-state index in [1.165, 1.54) is 19.4 Å². The van der Waals surface area contributed by atoms with Crippen molar-refractivity contribution in [3.63, 3.8) is 0 Å². The second-order valence-electron chi connectivity index (χ2n) is 5.37. The van der Waals surface area contributed by atoms with Gasteiger partial charge in [-0.3, -0.25) is 9.69 Å². The zero-order chi connectivity index (χ0) is 17.9. The number of nitrogens with zero attached hydrogens (tertiary/aromatic N) is 2. The minimum absolute atomic E-state index is 0.224. The van der Waals surface area contributed by atoms with Crippen LogP contribution in [0.4, 0.5) is 0 Å². The van der Waals surface area contributed by atoms with Crippen molar-refractivity contribution in [2.24, 2.45) is 0 Å². The predicted molar refractivity (Wildman–Crippen MR) is 101 cm³/mol. The summed E-state index contributed by atoms with van der Waals surface area (Å²) in [6.07, 6.45) is 5.86. The van der Waals surface area contributed by atoms with Gasteiger partial charge >= 0.3 is 0 Å². The molecule has 0 aromatic rings. The van der Waals surface area contributed by atoms with E-state index in [-0.39, 0.29) is 5.91 Å². The molecule has 1 amide bonds. The van der Waals surface area contributed by atoms with Crippen LogP contribution in [-0.2, 0) is 9.53 Å². The molecule has 0 saturated carbocycles. The normalized spacial score (nSPS) is 14.2. The maximum absolute atomic E-state index is 11.5. The van der Waals surface area contributed by atoms with Crippen LogP contribution in [0.1, 0.15) is 73.6 Å². The van der Waals surface area contributed by atoms with Gasteiger partial charge in [0, 0.05) is 33.1 Å². The molecule has 4 nitrogen and oxygen atoms in total. The quantitative estimate of drug-likeness (QED) is 0.594. The number of unbranched alkanes of at least 4 members (excludes halogenated alkanes) is 3. The van der Waals surface area contributed by atoms with Gasteiger partial charge in [0.25, 0.3) is 0 Å². The molecule has 1 rings (SSSR count). The van der Waals surface area contributed by atoms with E-state index in [0.29, 0.717) is 0 Å². The fourth-order valence-electron chi connectivity index (χ4n) is 2.42. The van der Waals surface area contributed by atoms with Crippen molar-refractivity contribution >= 4 is 5.91 Å². The Bertz CT molecular complexity index is 242. The van der Waals surface area contributed by atoms with Gasteiger partial charge < -0.3 is 9.64 Å². The molecular formula is C19H42N2O2. The van der Waals surface area contributed by atoms with Crippen molar-refractivity contribution in [2.75, 3.05) is 45.9 Å². The van der Waals surface area contributed by atoms with Gasteiger partial charge in [-0.1, -0.05) is 47.5 Å². The Balaban J connectivity index is 0. The number of rotatable bonds is 9. The van der Waals surface area contributed by atoms with E-state index in [1.54, 1.807) is 6.92 Å². The average Bonchev–Trinajstić information content (AvgIpc) is 2.61. The number of ether oxygens (including phenoxy) is 1. The van der Waals surface area contributed by atoms with E-state index < -0.39 is 0 Å². The molecule has 0 aromatic heterocycles. The minimum atomic E-state index is 0.224. The van der Waals surface area contributed by atoms with Gasteiger partial charge in [0.1, 0.15) is 0 Å². The van der Waals surface area contributed by atoms with Gasteiger partial charge in [0.15, 0.2) is 0 Å². The predicted octanol–water partition coefficient (Wildman–Crippen LogP) is 4.19. The first-order chi connectivity index (χ1) is 11.2. The maximum Gasteiger partial charge on any atom is 0.219 e. The molecule has 1 aliphatic heterocycles. The van der Waals surface area contributed by atoms with E-state index in [1.807, 2.05) is 32.6 Å². The maximum atomic E-state index is 11.5. The summed E-state index contributed by atoms with van der Waals surface area (Å²) in [4.78, 5) is 15.9. The molecule has 0 aliphatic carbocycles. The van der Waals surface area contributed by atoms with Crippen molar-refractivity contribution in [3.05, 3.63) is 0 Å². The van der Waals surface area contributed by atoms with Crippen LogP contribution in [0.5, 0.6) is 0 Å². The summed E-state index contributed by atoms with van der Waals surface area (Å²) in [6.45, 7) is 18.8. The van der Waals surface area contributed by atoms with Crippen LogP contribution in [0, 0.1) is 0 Å². The number of carbonyl (C=O) groups excluding carboxylic acids is 1. The van der Waals surface area contributed by atoms with Gasteiger partial charge in [0.05, 0.1) is 13.2 Å². The average molecular weight is 331 g/mol. The summed E-state index contributed by atoms with van der Waals surface area (Å²) < 4.78 is 5.34. The Labute approximate surface area is 145 Å². The lowest BCUT2D eigenvalue weighted by Crippen LogP contribution is -2.36. The minimum Gasteiger partial charge on any atom is -0.379 e. The second-order valence-corrected chi connectivity index (χ2v) is 5.37. The second kappa shape index (κ2) is 19.4. The molecule has 0 spiro atoms. The van der Waals surface area contributed by atoms with Crippen molar-refractivity contribution < 1.29 is 9.53 Å². The van der Waals surface area contributed by atoms with E-state index >= 15 is 0 Å². The van der Waals surface area contributed by atoms with Gasteiger partial charge in [-0.2, -0.15) is 0 Å². The summed E-state index contributed by atoms with van der Waals surface area (Å²) in [6, 6.07) is 0. The molecule has 0 aromatic carbocycles. The Morgan fingerprint density at radius 1 is 0.957 bits per heavy atom. The van der Waals surface area contributed by atoms with E-state index in [9.17, 15) is 4.79 Å². The standard InChI is InChI=1S/C15H30N2O2.2C2H6/c1-3-4-9-17(15(2)18)10-7-5-6-8-16-11-13-19-14-12-16;2*1-2/h3-14H2,1-2H3;2*1-2H3. The highest BCUT2D eigenvalue weighted by molar-refractivity contribution is 5.73. The molecular weight excluding hydrogens is 288 g/mol. The fourth-order valence-corrected chi connectivity index (χ4v) is 2.42. The van der Waals surface area contributed by atoms with Crippen molar-refractivity contribution in [1.82, 2.24) is 9.80 Å². The van der Waals surface area contributed by atoms with Crippen molar-refractivity contribution in [2.45, 2.75) is 73.6 Å². The summed E-state index contributed by atoms with van der Waals surface area (Å²) in [7, 11) is 0. The van der Waals surface area contributed by atoms with Gasteiger partial charge in [-0.15, -0.1) is 0 Å². The highest BCUT2D eigenvalue weighted by Crippen LogP contribution is 2.04. The Kier molecular flexibility index (Phi) is 20.8. The first-order valence-corrected chi connectivity index (χ1v) is 9.79. The largest absolute Gasteiger partial charge is 0.379 e. The molecule has 4 heteroatoms. The number of hydrogen-bond acceptors (Lipinski definition) is 3. The van der Waals surface area contributed by atoms with Gasteiger partial charge in [-0.25, -0.2) is 0 Å². The van der Waals surface area contributed by atoms with E-state index in [4.69, 9.17) is 4.74 Å². The highest BCUT2D eigenvalue weighted by atomic mass is 16.5. The first kappa shape index (κ1) is 24.6.